The Morgan fingerprint density at radius 1 is 1.35 bits per heavy atom. The summed E-state index contributed by atoms with van der Waals surface area (Å²) in [6.07, 6.45) is 6.97. The number of aryl methyl sites for hydroxylation is 1. The van der Waals surface area contributed by atoms with Crippen LogP contribution in [0.15, 0.2) is 36.5 Å². The van der Waals surface area contributed by atoms with Gasteiger partial charge in [0.1, 0.15) is 11.3 Å². The van der Waals surface area contributed by atoms with Gasteiger partial charge in [-0.15, -0.1) is 6.42 Å². The normalized spacial score (nSPS) is 11.2. The predicted octanol–water partition coefficient (Wildman–Crippen LogP) is 2.85. The van der Waals surface area contributed by atoms with Crippen molar-refractivity contribution in [2.75, 3.05) is 7.11 Å². The maximum Gasteiger partial charge on any atom is 0.257 e. The maximum absolute atomic E-state index is 12.6. The first-order chi connectivity index (χ1) is 12.3. The van der Waals surface area contributed by atoms with Crippen molar-refractivity contribution in [3.8, 4) is 29.4 Å². The van der Waals surface area contributed by atoms with Crippen LogP contribution in [0.5, 0.6) is 5.75 Å². The van der Waals surface area contributed by atoms with E-state index >= 15 is 0 Å². The van der Waals surface area contributed by atoms with Crippen molar-refractivity contribution in [1.29, 1.82) is 0 Å². The van der Waals surface area contributed by atoms with Gasteiger partial charge in [0.25, 0.3) is 5.91 Å². The molecule has 0 radical (unpaired) electrons. The molecule has 1 aromatic carbocycles. The van der Waals surface area contributed by atoms with Crippen molar-refractivity contribution in [2.24, 2.45) is 0 Å². The Balaban J connectivity index is 2.10. The number of aromatic nitrogens is 3. The Morgan fingerprint density at radius 2 is 2.12 bits per heavy atom. The van der Waals surface area contributed by atoms with Gasteiger partial charge in [-0.3, -0.25) is 4.79 Å². The number of carbonyl (C=O) groups is 1. The average Bonchev–Trinajstić information content (AvgIpc) is 3.06. The van der Waals surface area contributed by atoms with Crippen molar-refractivity contribution in [1.82, 2.24) is 19.9 Å². The molecule has 0 bridgehead atoms. The molecular weight excluding hydrogens is 328 g/mol. The van der Waals surface area contributed by atoms with E-state index in [1.807, 2.05) is 37.3 Å². The number of nitrogens with zero attached hydrogens (tertiary/aromatic N) is 3. The van der Waals surface area contributed by atoms with Crippen LogP contribution in [0.25, 0.3) is 16.9 Å². The van der Waals surface area contributed by atoms with Crippen LogP contribution in [0.4, 0.5) is 0 Å². The number of amides is 1. The van der Waals surface area contributed by atoms with E-state index in [0.29, 0.717) is 11.2 Å². The fourth-order valence-electron chi connectivity index (χ4n) is 2.59. The van der Waals surface area contributed by atoms with E-state index in [4.69, 9.17) is 11.2 Å². The van der Waals surface area contributed by atoms with Crippen molar-refractivity contribution in [3.63, 3.8) is 0 Å². The molecule has 0 fully saturated rings. The molecule has 0 unspecified atom stereocenters. The molecule has 3 aromatic rings. The molecule has 6 nitrogen and oxygen atoms in total. The number of benzene rings is 1. The predicted molar refractivity (Wildman–Crippen MR) is 100 cm³/mol. The van der Waals surface area contributed by atoms with Crippen LogP contribution in [0, 0.1) is 19.3 Å². The van der Waals surface area contributed by atoms with Gasteiger partial charge in [-0.2, -0.15) is 5.10 Å². The summed E-state index contributed by atoms with van der Waals surface area (Å²) in [5.74, 6) is 2.98. The van der Waals surface area contributed by atoms with Gasteiger partial charge in [0, 0.05) is 11.3 Å². The summed E-state index contributed by atoms with van der Waals surface area (Å²) in [7, 11) is 1.62. The lowest BCUT2D eigenvalue weighted by Gasteiger charge is -2.18. The Hall–Kier alpha value is -3.33. The highest BCUT2D eigenvalue weighted by molar-refractivity contribution is 6.00. The molecule has 0 aliphatic carbocycles. The SMILES string of the molecule is C#CC(C)(C)NC(=O)c1cnn2c(C)cc(-c3cccc(OC)c3)nc12. The number of terminal acetylenes is 1. The van der Waals surface area contributed by atoms with Crippen LogP contribution < -0.4 is 10.1 Å². The molecule has 3 rings (SSSR count). The first-order valence-corrected chi connectivity index (χ1v) is 8.15. The van der Waals surface area contributed by atoms with E-state index in [1.54, 1.807) is 25.5 Å². The number of methoxy groups -OCH3 is 1. The zero-order valence-electron chi connectivity index (χ0n) is 15.2. The van der Waals surface area contributed by atoms with E-state index in [9.17, 15) is 4.79 Å². The summed E-state index contributed by atoms with van der Waals surface area (Å²) in [5, 5.41) is 7.09. The summed E-state index contributed by atoms with van der Waals surface area (Å²) in [6.45, 7) is 5.44. The monoisotopic (exact) mass is 348 g/mol. The lowest BCUT2D eigenvalue weighted by Crippen LogP contribution is -2.42. The summed E-state index contributed by atoms with van der Waals surface area (Å²) in [5.41, 5.74) is 2.59. The van der Waals surface area contributed by atoms with Crippen molar-refractivity contribution < 1.29 is 9.53 Å². The first-order valence-electron chi connectivity index (χ1n) is 8.15. The van der Waals surface area contributed by atoms with E-state index in [2.05, 4.69) is 21.3 Å². The van der Waals surface area contributed by atoms with Gasteiger partial charge in [-0.05, 0) is 39.0 Å². The number of nitrogens with one attached hydrogen (secondary N) is 1. The third-order valence-electron chi connectivity index (χ3n) is 4.05. The van der Waals surface area contributed by atoms with Crippen LogP contribution in [-0.4, -0.2) is 33.2 Å². The standard InChI is InChI=1S/C20H20N4O2/c1-6-20(3,4)23-19(25)16-12-21-24-13(2)10-17(22-18(16)24)14-8-7-9-15(11-14)26-5/h1,7-12H,2-5H3,(H,23,25). The largest absolute Gasteiger partial charge is 0.497 e. The van der Waals surface area contributed by atoms with Crippen molar-refractivity contribution in [3.05, 3.63) is 47.8 Å². The first kappa shape index (κ1) is 17.5. The summed E-state index contributed by atoms with van der Waals surface area (Å²) in [4.78, 5) is 17.3. The lowest BCUT2D eigenvalue weighted by molar-refractivity contribution is 0.0931. The highest BCUT2D eigenvalue weighted by Crippen LogP contribution is 2.24. The molecule has 6 heteroatoms. The molecule has 0 aliphatic rings. The van der Waals surface area contributed by atoms with E-state index in [0.717, 1.165) is 22.7 Å². The Bertz CT molecular complexity index is 1030. The summed E-state index contributed by atoms with van der Waals surface area (Å²) >= 11 is 0. The van der Waals surface area contributed by atoms with Gasteiger partial charge in [0.15, 0.2) is 5.65 Å². The number of hydrogen-bond donors (Lipinski definition) is 1. The van der Waals surface area contributed by atoms with E-state index < -0.39 is 5.54 Å². The maximum atomic E-state index is 12.6. The Morgan fingerprint density at radius 3 is 2.81 bits per heavy atom. The van der Waals surface area contributed by atoms with Gasteiger partial charge in [0.05, 0.1) is 24.5 Å². The third-order valence-corrected chi connectivity index (χ3v) is 4.05. The molecule has 0 saturated heterocycles. The molecule has 132 valence electrons. The Kier molecular flexibility index (Phi) is 4.39. The topological polar surface area (TPSA) is 68.5 Å². The minimum absolute atomic E-state index is 0.308. The molecule has 0 aliphatic heterocycles. The molecule has 0 saturated carbocycles. The lowest BCUT2D eigenvalue weighted by atomic mass is 10.1. The fraction of sp³-hybridized carbons (Fsp3) is 0.250. The van der Waals surface area contributed by atoms with Gasteiger partial charge in [-0.1, -0.05) is 18.1 Å². The third kappa shape index (κ3) is 3.24. The van der Waals surface area contributed by atoms with Gasteiger partial charge in [0.2, 0.25) is 0 Å². The van der Waals surface area contributed by atoms with Gasteiger partial charge < -0.3 is 10.1 Å². The number of hydrogen-bond acceptors (Lipinski definition) is 4. The van der Waals surface area contributed by atoms with Crippen molar-refractivity contribution >= 4 is 11.6 Å². The minimum Gasteiger partial charge on any atom is -0.497 e. The number of ether oxygens (including phenoxy) is 1. The van der Waals surface area contributed by atoms with E-state index in [-0.39, 0.29) is 5.91 Å². The molecular formula is C20H20N4O2. The van der Waals surface area contributed by atoms with Gasteiger partial charge >= 0.3 is 0 Å². The molecule has 1 amide bonds. The molecule has 0 atom stereocenters. The van der Waals surface area contributed by atoms with Gasteiger partial charge in [-0.25, -0.2) is 9.50 Å². The molecule has 2 aromatic heterocycles. The molecule has 26 heavy (non-hydrogen) atoms. The van der Waals surface area contributed by atoms with Crippen molar-refractivity contribution in [2.45, 2.75) is 26.3 Å². The quantitative estimate of drug-likeness (QED) is 0.736. The minimum atomic E-state index is -0.759. The summed E-state index contributed by atoms with van der Waals surface area (Å²) < 4.78 is 6.92. The summed E-state index contributed by atoms with van der Waals surface area (Å²) in [6, 6.07) is 9.53. The van der Waals surface area contributed by atoms with Crippen LogP contribution in [0.1, 0.15) is 29.9 Å². The fourth-order valence-corrected chi connectivity index (χ4v) is 2.59. The Labute approximate surface area is 152 Å². The molecule has 1 N–H and O–H groups in total. The number of carbonyl (C=O) groups excluding carboxylic acids is 1. The zero-order chi connectivity index (χ0) is 18.9. The number of fused-ring (bicyclic) bond motifs is 1. The second-order valence-electron chi connectivity index (χ2n) is 6.53. The van der Waals surface area contributed by atoms with E-state index in [1.165, 1.54) is 6.20 Å². The second kappa shape index (κ2) is 6.52. The zero-order valence-corrected chi connectivity index (χ0v) is 15.2. The number of rotatable bonds is 4. The molecule has 2 heterocycles. The smallest absolute Gasteiger partial charge is 0.257 e. The van der Waals surface area contributed by atoms with Crippen LogP contribution in [0.3, 0.4) is 0 Å². The van der Waals surface area contributed by atoms with Crippen LogP contribution in [0.2, 0.25) is 0 Å². The van der Waals surface area contributed by atoms with Crippen LogP contribution >= 0.6 is 0 Å². The average molecular weight is 348 g/mol. The highest BCUT2D eigenvalue weighted by atomic mass is 16.5. The molecule has 0 spiro atoms. The second-order valence-corrected chi connectivity index (χ2v) is 6.53. The van der Waals surface area contributed by atoms with Crippen LogP contribution in [-0.2, 0) is 0 Å². The highest BCUT2D eigenvalue weighted by Gasteiger charge is 2.22.